The molecule has 0 saturated carbocycles. The van der Waals surface area contributed by atoms with Crippen LogP contribution in [-0.4, -0.2) is 42.0 Å². The fourth-order valence-electron chi connectivity index (χ4n) is 2.27. The lowest BCUT2D eigenvalue weighted by Crippen LogP contribution is -2.37. The largest absolute Gasteiger partial charge is 0.433 e. The second kappa shape index (κ2) is 5.88. The van der Waals surface area contributed by atoms with E-state index in [1.165, 1.54) is 0 Å². The summed E-state index contributed by atoms with van der Waals surface area (Å²) >= 11 is 0. The maximum atomic E-state index is 12.7. The topological polar surface area (TPSA) is 71.2 Å². The van der Waals surface area contributed by atoms with Gasteiger partial charge in [-0.2, -0.15) is 13.2 Å². The number of primary amides is 1. The Hall–Kier alpha value is -1.83. The second-order valence-electron chi connectivity index (χ2n) is 5.18. The van der Waals surface area contributed by atoms with Crippen LogP contribution in [0, 0.1) is 0 Å². The second-order valence-corrected chi connectivity index (χ2v) is 5.18. The number of nitrogens with zero attached hydrogens (tertiary/aromatic N) is 2. The molecule has 0 spiro atoms. The van der Waals surface area contributed by atoms with Gasteiger partial charge in [0, 0.05) is 6.04 Å². The van der Waals surface area contributed by atoms with Crippen LogP contribution in [0.1, 0.15) is 28.9 Å². The third-order valence-electron chi connectivity index (χ3n) is 3.51. The van der Waals surface area contributed by atoms with Gasteiger partial charge in [-0.3, -0.25) is 4.79 Å². The zero-order valence-corrected chi connectivity index (χ0v) is 11.6. The van der Waals surface area contributed by atoms with Gasteiger partial charge in [-0.05, 0) is 45.1 Å². The molecule has 1 amide bonds. The van der Waals surface area contributed by atoms with E-state index < -0.39 is 17.8 Å². The van der Waals surface area contributed by atoms with Crippen LogP contribution in [0.2, 0.25) is 0 Å². The molecule has 1 saturated heterocycles. The first-order valence-electron chi connectivity index (χ1n) is 6.60. The van der Waals surface area contributed by atoms with Crippen molar-refractivity contribution in [3.8, 4) is 0 Å². The highest BCUT2D eigenvalue weighted by Crippen LogP contribution is 2.30. The zero-order valence-electron chi connectivity index (χ0n) is 11.6. The average Bonchev–Trinajstić information content (AvgIpc) is 2.40. The molecule has 5 nitrogen and oxygen atoms in total. The van der Waals surface area contributed by atoms with Crippen LogP contribution in [0.5, 0.6) is 0 Å². The number of hydrogen-bond acceptors (Lipinski definition) is 4. The molecular weight excluding hydrogens is 285 g/mol. The van der Waals surface area contributed by atoms with E-state index in [1.54, 1.807) is 0 Å². The third kappa shape index (κ3) is 3.84. The third-order valence-corrected chi connectivity index (χ3v) is 3.51. The van der Waals surface area contributed by atoms with Crippen LogP contribution < -0.4 is 11.1 Å². The first-order chi connectivity index (χ1) is 9.77. The van der Waals surface area contributed by atoms with Crippen molar-refractivity contribution in [1.29, 1.82) is 0 Å². The lowest BCUT2D eigenvalue weighted by molar-refractivity contribution is -0.141. The van der Waals surface area contributed by atoms with E-state index in [2.05, 4.69) is 15.2 Å². The molecule has 0 unspecified atom stereocenters. The average molecular weight is 302 g/mol. The number of nitrogens with two attached hydrogens (primary N) is 1. The molecule has 2 heterocycles. The van der Waals surface area contributed by atoms with E-state index in [4.69, 9.17) is 5.73 Å². The number of carbonyl (C=O) groups excluding carboxylic acids is 1. The lowest BCUT2D eigenvalue weighted by Gasteiger charge is -2.30. The van der Waals surface area contributed by atoms with E-state index >= 15 is 0 Å². The number of nitrogens with one attached hydrogen (secondary N) is 1. The summed E-state index contributed by atoms with van der Waals surface area (Å²) in [6, 6.07) is 1.81. The highest BCUT2D eigenvalue weighted by molar-refractivity contribution is 5.97. The van der Waals surface area contributed by atoms with Gasteiger partial charge >= 0.3 is 6.18 Å². The Bertz CT molecular complexity index is 525. The van der Waals surface area contributed by atoms with Gasteiger partial charge in [-0.15, -0.1) is 0 Å². The summed E-state index contributed by atoms with van der Waals surface area (Å²) in [6.45, 7) is 1.67. The number of halogens is 3. The Morgan fingerprint density at radius 1 is 1.38 bits per heavy atom. The van der Waals surface area contributed by atoms with Crippen molar-refractivity contribution in [1.82, 2.24) is 9.88 Å². The van der Waals surface area contributed by atoms with Crippen LogP contribution in [0.4, 0.5) is 19.0 Å². The van der Waals surface area contributed by atoms with Gasteiger partial charge in [0.25, 0.3) is 5.91 Å². The molecule has 3 N–H and O–H groups in total. The first kappa shape index (κ1) is 15.6. The van der Waals surface area contributed by atoms with Crippen LogP contribution in [-0.2, 0) is 6.18 Å². The lowest BCUT2D eigenvalue weighted by atomic mass is 10.1. The molecule has 8 heteroatoms. The zero-order chi connectivity index (χ0) is 15.6. The van der Waals surface area contributed by atoms with Crippen molar-refractivity contribution in [3.63, 3.8) is 0 Å². The van der Waals surface area contributed by atoms with Gasteiger partial charge in [0.15, 0.2) is 0 Å². The Balaban J connectivity index is 2.24. The molecule has 0 bridgehead atoms. The van der Waals surface area contributed by atoms with E-state index in [0.29, 0.717) is 0 Å². The molecule has 0 radical (unpaired) electrons. The molecular formula is C13H17F3N4O. The van der Waals surface area contributed by atoms with E-state index in [0.717, 1.165) is 38.1 Å². The summed E-state index contributed by atoms with van der Waals surface area (Å²) in [5.41, 5.74) is 4.13. The van der Waals surface area contributed by atoms with Crippen molar-refractivity contribution in [2.75, 3.05) is 25.5 Å². The number of hydrogen-bond donors (Lipinski definition) is 2. The quantitative estimate of drug-likeness (QED) is 0.891. The Labute approximate surface area is 120 Å². The number of anilines is 1. The summed E-state index contributed by atoms with van der Waals surface area (Å²) in [4.78, 5) is 17.0. The van der Waals surface area contributed by atoms with Gasteiger partial charge in [0.1, 0.15) is 11.5 Å². The predicted octanol–water partition coefficient (Wildman–Crippen LogP) is 1.71. The molecule has 0 aliphatic carbocycles. The van der Waals surface area contributed by atoms with Crippen molar-refractivity contribution in [2.45, 2.75) is 25.1 Å². The normalized spacial score (nSPS) is 17.7. The van der Waals surface area contributed by atoms with E-state index in [9.17, 15) is 18.0 Å². The predicted molar refractivity (Wildman–Crippen MR) is 71.9 cm³/mol. The maximum absolute atomic E-state index is 12.7. The highest BCUT2D eigenvalue weighted by Gasteiger charge is 2.33. The van der Waals surface area contributed by atoms with Gasteiger partial charge in [-0.1, -0.05) is 0 Å². The number of rotatable bonds is 3. The van der Waals surface area contributed by atoms with Gasteiger partial charge in [0.2, 0.25) is 0 Å². The monoisotopic (exact) mass is 302 g/mol. The van der Waals surface area contributed by atoms with Gasteiger partial charge < -0.3 is 16.0 Å². The Kier molecular flexibility index (Phi) is 4.36. The molecule has 1 aromatic rings. The van der Waals surface area contributed by atoms with Crippen molar-refractivity contribution >= 4 is 11.7 Å². The number of likely N-dealkylation sites (tertiary alicyclic amines) is 1. The number of piperidine rings is 1. The molecule has 0 aromatic carbocycles. The number of alkyl halides is 3. The van der Waals surface area contributed by atoms with Crippen LogP contribution in [0.3, 0.4) is 0 Å². The van der Waals surface area contributed by atoms with Crippen LogP contribution >= 0.6 is 0 Å². The minimum absolute atomic E-state index is 0.0183. The minimum Gasteiger partial charge on any atom is -0.367 e. The molecule has 116 valence electrons. The molecule has 1 aliphatic heterocycles. The summed E-state index contributed by atoms with van der Waals surface area (Å²) < 4.78 is 38.2. The molecule has 1 fully saturated rings. The standard InChI is InChI=1S/C13H17F3N4O/c1-20-6-4-8(5-7-20)18-12-9(11(17)21)2-3-10(19-12)13(14,15)16/h2-3,8H,4-7H2,1H3,(H2,17,21)(H,18,19). The van der Waals surface area contributed by atoms with Gasteiger partial charge in [0.05, 0.1) is 5.56 Å². The first-order valence-corrected chi connectivity index (χ1v) is 6.60. The number of pyridine rings is 1. The summed E-state index contributed by atoms with van der Waals surface area (Å²) in [7, 11) is 1.98. The molecule has 21 heavy (non-hydrogen) atoms. The smallest absolute Gasteiger partial charge is 0.367 e. The molecule has 0 atom stereocenters. The fraction of sp³-hybridized carbons (Fsp3) is 0.538. The van der Waals surface area contributed by atoms with E-state index in [1.807, 2.05) is 7.05 Å². The van der Waals surface area contributed by atoms with Crippen molar-refractivity contribution < 1.29 is 18.0 Å². The van der Waals surface area contributed by atoms with E-state index in [-0.39, 0.29) is 17.4 Å². The Morgan fingerprint density at radius 3 is 2.52 bits per heavy atom. The maximum Gasteiger partial charge on any atom is 0.433 e. The summed E-state index contributed by atoms with van der Waals surface area (Å²) in [6.07, 6.45) is -3.02. The Morgan fingerprint density at radius 2 is 2.00 bits per heavy atom. The SMILES string of the molecule is CN1CCC(Nc2nc(C(F)(F)F)ccc2C(N)=O)CC1. The van der Waals surface area contributed by atoms with Crippen molar-refractivity contribution in [2.24, 2.45) is 5.73 Å². The minimum atomic E-state index is -4.56. The molecule has 1 aliphatic rings. The summed E-state index contributed by atoms with van der Waals surface area (Å²) in [5.74, 6) is -0.890. The van der Waals surface area contributed by atoms with Crippen molar-refractivity contribution in [3.05, 3.63) is 23.4 Å². The number of aromatic nitrogens is 1. The number of amides is 1. The summed E-state index contributed by atoms with van der Waals surface area (Å²) in [5, 5.41) is 2.93. The molecule has 1 aromatic heterocycles. The fourth-order valence-corrected chi connectivity index (χ4v) is 2.27. The van der Waals surface area contributed by atoms with Crippen LogP contribution in [0.15, 0.2) is 12.1 Å². The highest BCUT2D eigenvalue weighted by atomic mass is 19.4. The van der Waals surface area contributed by atoms with Crippen LogP contribution in [0.25, 0.3) is 0 Å². The van der Waals surface area contributed by atoms with Gasteiger partial charge in [-0.25, -0.2) is 4.98 Å². The number of carbonyl (C=O) groups is 1. The molecule has 2 rings (SSSR count).